The number of ether oxygens (including phenoxy) is 2. The molecule has 1 heterocycles. The molecule has 2 aromatic carbocycles. The Bertz CT molecular complexity index is 1290. The number of nitrogens with zero attached hydrogens (tertiary/aromatic N) is 1. The average molecular weight is 477 g/mol. The number of benzene rings is 2. The molecule has 7 nitrogen and oxygen atoms in total. The molecule has 4 rings (SSSR count). The number of methoxy groups -OCH3 is 2. The number of hydrogen-bond donors (Lipinski definition) is 2. The molecular weight excluding hydrogens is 452 g/mol. The van der Waals surface area contributed by atoms with Gasteiger partial charge in [0.2, 0.25) is 0 Å². The second-order valence-electron chi connectivity index (χ2n) is 8.26. The van der Waals surface area contributed by atoms with Crippen molar-refractivity contribution in [1.82, 2.24) is 5.16 Å². The Morgan fingerprint density at radius 1 is 1.11 bits per heavy atom. The van der Waals surface area contributed by atoms with Crippen LogP contribution < -0.4 is 14.9 Å². The van der Waals surface area contributed by atoms with E-state index in [0.717, 1.165) is 27.8 Å². The normalized spacial score (nSPS) is 13.8. The predicted molar refractivity (Wildman–Crippen MR) is 131 cm³/mol. The molecule has 35 heavy (non-hydrogen) atoms. The highest BCUT2D eigenvalue weighted by atomic mass is 19.1. The maximum atomic E-state index is 14.2. The largest absolute Gasteiger partial charge is 0.497 e. The number of ketones is 1. The van der Waals surface area contributed by atoms with Gasteiger partial charge in [-0.2, -0.15) is 0 Å². The van der Waals surface area contributed by atoms with Crippen molar-refractivity contribution >= 4 is 35.6 Å². The maximum absolute atomic E-state index is 14.2. The lowest BCUT2D eigenvalue weighted by atomic mass is 9.78. The van der Waals surface area contributed by atoms with E-state index in [4.69, 9.17) is 14.0 Å². The van der Waals surface area contributed by atoms with Gasteiger partial charge in [-0.3, -0.25) is 4.79 Å². The minimum absolute atomic E-state index is 0.00468. The summed E-state index contributed by atoms with van der Waals surface area (Å²) in [4.78, 5) is 12.5. The summed E-state index contributed by atoms with van der Waals surface area (Å²) in [5.41, 5.74) is 5.15. The van der Waals surface area contributed by atoms with Crippen molar-refractivity contribution in [2.75, 3.05) is 14.2 Å². The molecule has 2 N–H and O–H groups in total. The smallest absolute Gasteiger partial charge is 0.496 e. The van der Waals surface area contributed by atoms with Crippen molar-refractivity contribution < 1.29 is 33.2 Å². The van der Waals surface area contributed by atoms with E-state index in [9.17, 15) is 19.2 Å². The summed E-state index contributed by atoms with van der Waals surface area (Å²) in [6.07, 6.45) is 4.30. The van der Waals surface area contributed by atoms with E-state index in [2.05, 4.69) is 5.16 Å². The summed E-state index contributed by atoms with van der Waals surface area (Å²) in [5.74, 6) is 0.697. The Morgan fingerprint density at radius 2 is 1.83 bits per heavy atom. The number of rotatable bonds is 9. The quantitative estimate of drug-likeness (QED) is 0.456. The summed E-state index contributed by atoms with van der Waals surface area (Å²) < 4.78 is 29.9. The SMILES string of the molecule is COc1cc(/C=C2/C(C)=C(CCC(=O)Cc3ccno3)c3cc(F)ccc32)cc(OC)c1B(O)O. The van der Waals surface area contributed by atoms with Gasteiger partial charge in [0, 0.05) is 12.5 Å². The molecule has 180 valence electrons. The molecule has 0 saturated carbocycles. The first-order valence-corrected chi connectivity index (χ1v) is 11.1. The standard InChI is InChI=1S/C26H25BFNO6/c1-15-20(7-5-18(30)14-19-8-9-29-35-19)23-13-17(28)4-6-21(23)22(15)10-16-11-24(33-2)26(27(31)32)25(12-16)34-3/h4,6,8-13,31-32H,5,7,14H2,1-3H3/b22-10-. The molecule has 0 bridgehead atoms. The zero-order chi connectivity index (χ0) is 25.1. The van der Waals surface area contributed by atoms with Crippen LogP contribution in [-0.2, 0) is 11.2 Å². The van der Waals surface area contributed by atoms with Gasteiger partial charge in [-0.15, -0.1) is 0 Å². The first-order valence-electron chi connectivity index (χ1n) is 11.1. The zero-order valence-electron chi connectivity index (χ0n) is 19.7. The molecular formula is C26H25BFNO6. The number of Topliss-reactive ketones (excluding diaryl/α,β-unsaturated/α-hetero) is 1. The van der Waals surface area contributed by atoms with Crippen LogP contribution in [0.3, 0.4) is 0 Å². The minimum Gasteiger partial charge on any atom is -0.497 e. The van der Waals surface area contributed by atoms with Crippen molar-refractivity contribution in [2.45, 2.75) is 26.2 Å². The molecule has 1 aliphatic rings. The van der Waals surface area contributed by atoms with Gasteiger partial charge >= 0.3 is 7.12 Å². The highest BCUT2D eigenvalue weighted by molar-refractivity contribution is 6.61. The van der Waals surface area contributed by atoms with E-state index >= 15 is 0 Å². The molecule has 0 atom stereocenters. The number of allylic oxidation sites excluding steroid dienone is 3. The third-order valence-corrected chi connectivity index (χ3v) is 6.11. The molecule has 0 spiro atoms. The number of carbonyl (C=O) groups excluding carboxylic acids is 1. The fraction of sp³-hybridized carbons (Fsp3) is 0.231. The van der Waals surface area contributed by atoms with Gasteiger partial charge in [0.15, 0.2) is 0 Å². The summed E-state index contributed by atoms with van der Waals surface area (Å²) >= 11 is 0. The number of hydrogen-bond acceptors (Lipinski definition) is 7. The Hall–Kier alpha value is -3.69. The number of fused-ring (bicyclic) bond motifs is 1. The third kappa shape index (κ3) is 5.06. The lowest BCUT2D eigenvalue weighted by molar-refractivity contribution is -0.118. The van der Waals surface area contributed by atoms with Gasteiger partial charge in [0.25, 0.3) is 0 Å². The molecule has 1 aromatic heterocycles. The molecule has 3 aromatic rings. The summed E-state index contributed by atoms with van der Waals surface area (Å²) in [6, 6.07) is 9.64. The van der Waals surface area contributed by atoms with Crippen LogP contribution in [0.1, 0.15) is 42.2 Å². The number of carbonyl (C=O) groups is 1. The van der Waals surface area contributed by atoms with Crippen LogP contribution >= 0.6 is 0 Å². The monoisotopic (exact) mass is 477 g/mol. The molecule has 0 fully saturated rings. The Morgan fingerprint density at radius 3 is 2.43 bits per heavy atom. The van der Waals surface area contributed by atoms with Crippen LogP contribution in [0.25, 0.3) is 17.2 Å². The molecule has 1 aliphatic carbocycles. The average Bonchev–Trinajstić information content (AvgIpc) is 3.43. The van der Waals surface area contributed by atoms with Crippen molar-refractivity contribution in [2.24, 2.45) is 0 Å². The van der Waals surface area contributed by atoms with Gasteiger partial charge in [-0.05, 0) is 77.1 Å². The fourth-order valence-electron chi connectivity index (χ4n) is 4.42. The van der Waals surface area contributed by atoms with Gasteiger partial charge in [0.1, 0.15) is 28.9 Å². The van der Waals surface area contributed by atoms with Gasteiger partial charge < -0.3 is 24.0 Å². The molecule has 0 aliphatic heterocycles. The summed E-state index contributed by atoms with van der Waals surface area (Å²) in [7, 11) is 1.11. The van der Waals surface area contributed by atoms with Crippen molar-refractivity contribution in [3.05, 3.63) is 76.4 Å². The van der Waals surface area contributed by atoms with E-state index in [1.165, 1.54) is 32.5 Å². The highest BCUT2D eigenvalue weighted by Crippen LogP contribution is 2.44. The van der Waals surface area contributed by atoms with Crippen molar-refractivity contribution in [1.29, 1.82) is 0 Å². The van der Waals surface area contributed by atoms with Crippen LogP contribution in [0.5, 0.6) is 11.5 Å². The zero-order valence-corrected chi connectivity index (χ0v) is 19.7. The molecule has 0 saturated heterocycles. The van der Waals surface area contributed by atoms with Crippen LogP contribution in [-0.4, -0.2) is 42.3 Å². The van der Waals surface area contributed by atoms with E-state index in [1.807, 2.05) is 13.0 Å². The lowest BCUT2D eigenvalue weighted by Gasteiger charge is -2.14. The first kappa shape index (κ1) is 24.4. The van der Waals surface area contributed by atoms with E-state index < -0.39 is 7.12 Å². The topological polar surface area (TPSA) is 102 Å². The number of aromatic nitrogens is 1. The van der Waals surface area contributed by atoms with Crippen molar-refractivity contribution in [3.8, 4) is 11.5 Å². The van der Waals surface area contributed by atoms with Gasteiger partial charge in [-0.1, -0.05) is 11.2 Å². The minimum atomic E-state index is -1.76. The van der Waals surface area contributed by atoms with Gasteiger partial charge in [-0.25, -0.2) is 4.39 Å². The predicted octanol–water partition coefficient (Wildman–Crippen LogP) is 3.43. The van der Waals surface area contributed by atoms with Crippen LogP contribution in [0, 0.1) is 5.82 Å². The first-order chi connectivity index (χ1) is 16.8. The highest BCUT2D eigenvalue weighted by Gasteiger charge is 2.26. The Labute approximate surface area is 202 Å². The molecule has 0 amide bonds. The molecule has 9 heteroatoms. The molecule has 0 unspecified atom stereocenters. The Kier molecular flexibility index (Phi) is 7.19. The van der Waals surface area contributed by atoms with E-state index in [-0.39, 0.29) is 41.4 Å². The molecule has 0 radical (unpaired) electrons. The van der Waals surface area contributed by atoms with Crippen LogP contribution in [0.2, 0.25) is 0 Å². The Balaban J connectivity index is 1.71. The number of halogens is 1. The van der Waals surface area contributed by atoms with Crippen LogP contribution in [0.4, 0.5) is 4.39 Å². The van der Waals surface area contributed by atoms with Crippen molar-refractivity contribution in [3.63, 3.8) is 0 Å². The van der Waals surface area contributed by atoms with Gasteiger partial charge in [0.05, 0.1) is 32.3 Å². The summed E-state index contributed by atoms with van der Waals surface area (Å²) in [6.45, 7) is 1.94. The van der Waals surface area contributed by atoms with E-state index in [0.29, 0.717) is 17.7 Å². The lowest BCUT2D eigenvalue weighted by Crippen LogP contribution is -2.32. The second-order valence-corrected chi connectivity index (χ2v) is 8.26. The van der Waals surface area contributed by atoms with Crippen LogP contribution in [0.15, 0.2) is 52.7 Å². The third-order valence-electron chi connectivity index (χ3n) is 6.11. The summed E-state index contributed by atoms with van der Waals surface area (Å²) in [5, 5.41) is 23.1. The fourth-order valence-corrected chi connectivity index (χ4v) is 4.42. The van der Waals surface area contributed by atoms with E-state index in [1.54, 1.807) is 24.3 Å². The maximum Gasteiger partial charge on any atom is 0.496 e. The second kappa shape index (κ2) is 10.3.